The molecule has 2 aliphatic heterocycles. The van der Waals surface area contributed by atoms with E-state index in [1.807, 2.05) is 55.3 Å². The van der Waals surface area contributed by atoms with E-state index in [2.05, 4.69) is 15.6 Å². The van der Waals surface area contributed by atoms with Crippen molar-refractivity contribution < 1.29 is 9.53 Å². The quantitative estimate of drug-likeness (QED) is 0.349. The largest absolute Gasteiger partial charge is 0.447 e. The number of carbonyl (C=O) groups excluding carboxylic acids is 1. The summed E-state index contributed by atoms with van der Waals surface area (Å²) in [6.07, 6.45) is 3.13. The maximum absolute atomic E-state index is 13.7. The summed E-state index contributed by atoms with van der Waals surface area (Å²) >= 11 is 7.59. The van der Waals surface area contributed by atoms with Gasteiger partial charge in [0.05, 0.1) is 29.7 Å². The molecular formula is C27H27ClN6O3S. The van der Waals surface area contributed by atoms with Crippen molar-refractivity contribution in [3.63, 3.8) is 0 Å². The number of rotatable bonds is 6. The third kappa shape index (κ3) is 4.58. The summed E-state index contributed by atoms with van der Waals surface area (Å²) in [4.78, 5) is 36.9. The first-order chi connectivity index (χ1) is 18.4. The van der Waals surface area contributed by atoms with E-state index in [4.69, 9.17) is 21.3 Å². The first kappa shape index (κ1) is 24.7. The van der Waals surface area contributed by atoms with Gasteiger partial charge in [-0.1, -0.05) is 35.1 Å². The van der Waals surface area contributed by atoms with Crippen LogP contribution in [-0.4, -0.2) is 57.8 Å². The first-order valence-electron chi connectivity index (χ1n) is 12.5. The number of benzene rings is 2. The van der Waals surface area contributed by atoms with E-state index < -0.39 is 0 Å². The lowest BCUT2D eigenvalue weighted by atomic mass is 9.97. The summed E-state index contributed by atoms with van der Waals surface area (Å²) in [5, 5.41) is 9.79. The van der Waals surface area contributed by atoms with Gasteiger partial charge in [0.2, 0.25) is 0 Å². The number of thiazole rings is 1. The van der Waals surface area contributed by atoms with Gasteiger partial charge >= 0.3 is 6.09 Å². The van der Waals surface area contributed by atoms with Gasteiger partial charge in [-0.05, 0) is 49.6 Å². The SMILES string of the molecule is CNc1cnc(-c2cc3nc(C)n(Cc4ccc(Cl)cc4)c(=O)c3cc2N[C@H]2CCN3C(=O)OC[C@@H]3C2)s1. The molecule has 2 atom stereocenters. The number of carbonyl (C=O) groups is 1. The molecule has 0 radical (unpaired) electrons. The molecule has 0 saturated carbocycles. The zero-order chi connectivity index (χ0) is 26.4. The molecule has 2 fully saturated rings. The number of anilines is 2. The van der Waals surface area contributed by atoms with Crippen molar-refractivity contribution in [3.8, 4) is 10.6 Å². The third-order valence-electron chi connectivity index (χ3n) is 7.23. The van der Waals surface area contributed by atoms with E-state index >= 15 is 0 Å². The molecule has 2 N–H and O–H groups in total. The van der Waals surface area contributed by atoms with E-state index in [-0.39, 0.29) is 23.7 Å². The average Bonchev–Trinajstić information content (AvgIpc) is 3.54. The van der Waals surface area contributed by atoms with Crippen molar-refractivity contribution in [3.05, 3.63) is 69.4 Å². The highest BCUT2D eigenvalue weighted by atomic mass is 35.5. The number of fused-ring (bicyclic) bond motifs is 2. The van der Waals surface area contributed by atoms with Crippen LogP contribution >= 0.6 is 22.9 Å². The molecule has 11 heteroatoms. The highest BCUT2D eigenvalue weighted by Gasteiger charge is 2.38. The molecule has 0 aliphatic carbocycles. The van der Waals surface area contributed by atoms with Gasteiger partial charge in [0, 0.05) is 35.9 Å². The Labute approximate surface area is 228 Å². The molecule has 1 amide bonds. The van der Waals surface area contributed by atoms with Crippen molar-refractivity contribution >= 4 is 50.6 Å². The summed E-state index contributed by atoms with van der Waals surface area (Å²) in [5.74, 6) is 0.637. The molecule has 0 spiro atoms. The first-order valence-corrected chi connectivity index (χ1v) is 13.7. The van der Waals surface area contributed by atoms with E-state index in [9.17, 15) is 9.59 Å². The second kappa shape index (κ2) is 9.92. The molecule has 9 nitrogen and oxygen atoms in total. The summed E-state index contributed by atoms with van der Waals surface area (Å²) < 4.78 is 6.94. The fourth-order valence-electron chi connectivity index (χ4n) is 5.20. The topological polar surface area (TPSA) is 101 Å². The minimum Gasteiger partial charge on any atom is -0.447 e. The number of amides is 1. The van der Waals surface area contributed by atoms with Gasteiger partial charge in [0.25, 0.3) is 5.56 Å². The molecular weight excluding hydrogens is 524 g/mol. The standard InChI is InChI=1S/C27H27ClN6O3S/c1-15-31-23-10-20(25-30-12-24(29-2)38-25)22(32-18-7-8-33-19(9-18)14-37-27(33)36)11-21(23)26(35)34(15)13-16-3-5-17(28)6-4-16/h3-6,10-12,18-19,29,32H,7-9,13-14H2,1-2H3/t18-,19-/m0/s1. The Bertz CT molecular complexity index is 1580. The molecule has 4 heterocycles. The maximum Gasteiger partial charge on any atom is 0.410 e. The summed E-state index contributed by atoms with van der Waals surface area (Å²) in [6.45, 7) is 3.31. The van der Waals surface area contributed by atoms with Crippen LogP contribution < -0.4 is 16.2 Å². The summed E-state index contributed by atoms with van der Waals surface area (Å²) in [7, 11) is 1.86. The Morgan fingerprint density at radius 3 is 2.79 bits per heavy atom. The van der Waals surface area contributed by atoms with Crippen molar-refractivity contribution in [2.75, 3.05) is 30.8 Å². The average molecular weight is 551 g/mol. The van der Waals surface area contributed by atoms with E-state index in [0.29, 0.717) is 41.4 Å². The van der Waals surface area contributed by atoms with Gasteiger partial charge in [0.15, 0.2) is 0 Å². The number of nitrogens with one attached hydrogen (secondary N) is 2. The van der Waals surface area contributed by atoms with Crippen LogP contribution in [0.25, 0.3) is 21.5 Å². The fourth-order valence-corrected chi connectivity index (χ4v) is 6.13. The summed E-state index contributed by atoms with van der Waals surface area (Å²) in [5.41, 5.74) is 3.23. The normalized spacial score (nSPS) is 18.9. The Balaban J connectivity index is 1.41. The number of cyclic esters (lactones) is 1. The molecule has 38 heavy (non-hydrogen) atoms. The van der Waals surface area contributed by atoms with Crippen LogP contribution in [0.5, 0.6) is 0 Å². The van der Waals surface area contributed by atoms with Gasteiger partial charge in [0.1, 0.15) is 22.4 Å². The third-order valence-corrected chi connectivity index (χ3v) is 8.53. The van der Waals surface area contributed by atoms with Crippen LogP contribution in [0.2, 0.25) is 5.02 Å². The summed E-state index contributed by atoms with van der Waals surface area (Å²) in [6, 6.07) is 11.5. The second-order valence-corrected chi connectivity index (χ2v) is 11.1. The van der Waals surface area contributed by atoms with Crippen LogP contribution in [0.1, 0.15) is 24.2 Å². The lowest BCUT2D eigenvalue weighted by Crippen LogP contribution is -2.45. The fraction of sp³-hybridized carbons (Fsp3) is 0.333. The number of aromatic nitrogens is 3. The van der Waals surface area contributed by atoms with Gasteiger partial charge < -0.3 is 20.3 Å². The van der Waals surface area contributed by atoms with Gasteiger partial charge in [-0.15, -0.1) is 0 Å². The highest BCUT2D eigenvalue weighted by Crippen LogP contribution is 2.37. The van der Waals surface area contributed by atoms with E-state index in [1.165, 1.54) is 0 Å². The van der Waals surface area contributed by atoms with Gasteiger partial charge in [-0.3, -0.25) is 9.36 Å². The molecule has 2 aromatic heterocycles. The van der Waals surface area contributed by atoms with Crippen LogP contribution in [0.4, 0.5) is 15.5 Å². The van der Waals surface area contributed by atoms with Crippen LogP contribution in [0.3, 0.4) is 0 Å². The predicted molar refractivity (Wildman–Crippen MR) is 150 cm³/mol. The minimum atomic E-state index is -0.232. The molecule has 2 aliphatic rings. The zero-order valence-electron chi connectivity index (χ0n) is 21.0. The molecule has 2 aromatic carbocycles. The number of nitrogens with zero attached hydrogens (tertiary/aromatic N) is 4. The van der Waals surface area contributed by atoms with Crippen molar-refractivity contribution in [2.24, 2.45) is 0 Å². The van der Waals surface area contributed by atoms with Gasteiger partial charge in [-0.25, -0.2) is 14.8 Å². The van der Waals surface area contributed by atoms with Crippen LogP contribution in [0, 0.1) is 6.92 Å². The second-order valence-electron chi connectivity index (χ2n) is 9.66. The molecule has 196 valence electrons. The maximum atomic E-state index is 13.7. The van der Waals surface area contributed by atoms with Crippen molar-refractivity contribution in [1.82, 2.24) is 19.4 Å². The minimum absolute atomic E-state index is 0.0642. The van der Waals surface area contributed by atoms with E-state index in [1.54, 1.807) is 22.1 Å². The lowest BCUT2D eigenvalue weighted by molar-refractivity contribution is 0.153. The monoisotopic (exact) mass is 550 g/mol. The Morgan fingerprint density at radius 1 is 1.21 bits per heavy atom. The number of aryl methyl sites for hydroxylation is 1. The van der Waals surface area contributed by atoms with E-state index in [0.717, 1.165) is 39.7 Å². The smallest absolute Gasteiger partial charge is 0.410 e. The molecule has 0 unspecified atom stereocenters. The number of ether oxygens (including phenoxy) is 1. The molecule has 4 aromatic rings. The number of halogens is 1. The molecule has 2 saturated heterocycles. The predicted octanol–water partition coefficient (Wildman–Crippen LogP) is 4.97. The molecule has 0 bridgehead atoms. The zero-order valence-corrected chi connectivity index (χ0v) is 22.6. The number of hydrogen-bond acceptors (Lipinski definition) is 8. The Hall–Kier alpha value is -3.63. The van der Waals surface area contributed by atoms with Gasteiger partial charge in [-0.2, -0.15) is 0 Å². The lowest BCUT2D eigenvalue weighted by Gasteiger charge is -2.33. The van der Waals surface area contributed by atoms with Crippen molar-refractivity contribution in [2.45, 2.75) is 38.4 Å². The van der Waals surface area contributed by atoms with Crippen LogP contribution in [-0.2, 0) is 11.3 Å². The number of hydrogen-bond donors (Lipinski definition) is 2. The van der Waals surface area contributed by atoms with Crippen LogP contribution in [0.15, 0.2) is 47.4 Å². The molecule has 6 rings (SSSR count). The highest BCUT2D eigenvalue weighted by molar-refractivity contribution is 7.19. The van der Waals surface area contributed by atoms with Crippen molar-refractivity contribution in [1.29, 1.82) is 0 Å². The number of piperidine rings is 1. The Morgan fingerprint density at radius 2 is 2.03 bits per heavy atom. The Kier molecular flexibility index (Phi) is 6.45.